The topological polar surface area (TPSA) is 62.4 Å². The molecule has 0 aliphatic carbocycles. The zero-order valence-corrected chi connectivity index (χ0v) is 84.0. The number of hydrogen-bond donors (Lipinski definition) is 0. The lowest BCUT2D eigenvalue weighted by Crippen LogP contribution is -2.22. The maximum atomic E-state index is 8.82. The third-order valence-corrected chi connectivity index (χ3v) is 27.0. The number of fused-ring (bicyclic) bond motifs is 18. The Morgan fingerprint density at radius 3 is 0.920 bits per heavy atom. The summed E-state index contributed by atoms with van der Waals surface area (Å²) in [6.45, 7) is 58.0. The van der Waals surface area contributed by atoms with Crippen molar-refractivity contribution in [2.45, 2.75) is 229 Å². The molecule has 0 saturated carbocycles. The smallest absolute Gasteiger partial charge is 0.136 e. The molecule has 0 unspecified atom stereocenters. The molecule has 0 N–H and O–H groups in total. The molecule has 6 heteroatoms. The SMILES string of the molecule is CC(C)(C)c1cc(-c2cccc3oc4cccc(C(C)(C)C)c4c23)cc(C(C)(C)C)c1.[2H]c1c([2H])c([2H])c(-c2cccc3oc4ccc(-n5c6ccc(C(C)C)cc6c6cc(C(C)(C)C)ccc65)c(C(C)(C)C)c4c23)c([2H])c1[2H].[2H]c1c([2H])c([2H])c(-c2cccc3oc4ccc(-n5c6ccccc6c6ccccc65)c(C(C)(C)C)c4c23)c([2H])c1[2H].[2H]c1c([2H])c([2H])c(-c2cccc3oc4ccc(C(C)(C)C)c(C(C)(C)C)c4c23)c([2H])c1[2H]. The molecule has 22 rings (SSSR count). The van der Waals surface area contributed by atoms with Crippen LogP contribution in [0.1, 0.15) is 257 Å². The first-order valence-electron chi connectivity index (χ1n) is 55.5. The van der Waals surface area contributed by atoms with E-state index in [-0.39, 0.29) is 133 Å². The summed E-state index contributed by atoms with van der Waals surface area (Å²) in [4.78, 5) is 0. The summed E-state index contributed by atoms with van der Waals surface area (Å²) >= 11 is 0. The highest BCUT2D eigenvalue weighted by molar-refractivity contribution is 6.20. The zero-order valence-electron chi connectivity index (χ0n) is 99.0. The first-order chi connectivity index (χ1) is 71.1. The molecule has 690 valence electrons. The molecule has 137 heavy (non-hydrogen) atoms. The van der Waals surface area contributed by atoms with Gasteiger partial charge in [-0.25, -0.2) is 0 Å². The van der Waals surface area contributed by atoms with Gasteiger partial charge >= 0.3 is 0 Å². The van der Waals surface area contributed by atoms with Crippen LogP contribution in [0.2, 0.25) is 0 Å². The van der Waals surface area contributed by atoms with Crippen LogP contribution in [-0.2, 0) is 43.3 Å². The van der Waals surface area contributed by atoms with Gasteiger partial charge < -0.3 is 26.8 Å². The van der Waals surface area contributed by atoms with Crippen molar-refractivity contribution in [3.8, 4) is 55.9 Å². The molecule has 0 radical (unpaired) electrons. The van der Waals surface area contributed by atoms with Crippen molar-refractivity contribution in [1.82, 2.24) is 9.13 Å². The molecule has 6 nitrogen and oxygen atoms in total. The van der Waals surface area contributed by atoms with Crippen molar-refractivity contribution in [2.75, 3.05) is 0 Å². The van der Waals surface area contributed by atoms with Crippen molar-refractivity contribution < 1.29 is 38.2 Å². The van der Waals surface area contributed by atoms with E-state index in [1.165, 1.54) is 76.8 Å². The van der Waals surface area contributed by atoms with Gasteiger partial charge in [-0.15, -0.1) is 0 Å². The predicted molar refractivity (Wildman–Crippen MR) is 589 cm³/mol. The van der Waals surface area contributed by atoms with Crippen LogP contribution in [0, 0.1) is 0 Å². The van der Waals surface area contributed by atoms with Crippen LogP contribution >= 0.6 is 0 Å². The highest BCUT2D eigenvalue weighted by atomic mass is 16.3. The lowest BCUT2D eigenvalue weighted by molar-refractivity contribution is 0.534. The lowest BCUT2D eigenvalue weighted by Gasteiger charge is -2.31. The molecular formula is C131H132N2O4. The maximum Gasteiger partial charge on any atom is 0.136 e. The minimum absolute atomic E-state index is 0.0107. The molecule has 0 saturated heterocycles. The second kappa shape index (κ2) is 34.2. The second-order valence-corrected chi connectivity index (χ2v) is 45.5. The first kappa shape index (κ1) is 75.5. The zero-order chi connectivity index (χ0) is 110. The highest BCUT2D eigenvalue weighted by Gasteiger charge is 2.35. The molecule has 0 aliphatic rings. The third-order valence-electron chi connectivity index (χ3n) is 27.0. The number of aromatic nitrogens is 2. The van der Waals surface area contributed by atoms with Crippen molar-refractivity contribution in [3.05, 3.63) is 371 Å². The molecule has 6 aromatic heterocycles. The Balaban J connectivity index is 0.000000129. The van der Waals surface area contributed by atoms with Crippen LogP contribution in [0.4, 0.5) is 0 Å². The Bertz CT molecular complexity index is 9250. The van der Waals surface area contributed by atoms with Crippen molar-refractivity contribution >= 4 is 131 Å². The predicted octanol–water partition coefficient (Wildman–Crippen LogP) is 38.7. The van der Waals surface area contributed by atoms with Gasteiger partial charge in [0.15, 0.2) is 0 Å². The van der Waals surface area contributed by atoms with Gasteiger partial charge in [0.1, 0.15) is 44.7 Å². The van der Waals surface area contributed by atoms with E-state index in [0.717, 1.165) is 99.2 Å². The quantitative estimate of drug-likeness (QED) is 0.160. The minimum Gasteiger partial charge on any atom is -0.456 e. The van der Waals surface area contributed by atoms with Crippen LogP contribution in [0.15, 0.2) is 339 Å². The maximum absolute atomic E-state index is 8.82. The standard InChI is InChI=1S/C41H41NO.C34H27NO.C30H36O.C26H28O/c1-25(2)27-17-19-32-30(23-27)31-24-28(40(3,4)5)18-20-33(31)42(32)34-21-22-36-38(39(34)41(6,7)8)37-29(15-12-16-35(37)43-36)26-13-10-9-11-14-26;1-34(2,3)33-28(35-26-17-9-7-14-24(26)25-15-8-10-18-27(25)35)20-21-30-32(33)31-23(16-11-19-29(31)36-30)22-12-5-4-6-13-22;1-28(2,3)20-16-19(17-21(18-20)29(4,5)6)22-12-10-14-24-26(22)27-23(30(7,8)9)13-11-15-25(27)31-24;1-25(2,3)19-15-16-21-23(24(19)26(4,5)6)22-18(13-10-14-20(22)27-21)17-11-8-7-9-12-17/h9-25H,1-8H3;4-21H,1-3H3;10-18H,1-9H3;7-16H,1-6H3/i9D,10D,11D,13D,14D;4D,5D,6D,12D,13D;;7D,8D,9D,11D,12D. The van der Waals surface area contributed by atoms with Gasteiger partial charge in [-0.05, 0) is 241 Å². The summed E-state index contributed by atoms with van der Waals surface area (Å²) in [5, 5.41) is 12.2. The first-order valence-corrected chi connectivity index (χ1v) is 48.0. The minimum atomic E-state index is -0.406. The second-order valence-electron chi connectivity index (χ2n) is 45.5. The van der Waals surface area contributed by atoms with E-state index in [0.29, 0.717) is 50.5 Å². The third kappa shape index (κ3) is 16.9. The van der Waals surface area contributed by atoms with E-state index < -0.39 is 18.1 Å². The van der Waals surface area contributed by atoms with Crippen LogP contribution in [0.25, 0.3) is 187 Å². The van der Waals surface area contributed by atoms with E-state index in [4.69, 9.17) is 38.2 Å². The van der Waals surface area contributed by atoms with Gasteiger partial charge in [-0.3, -0.25) is 0 Å². The van der Waals surface area contributed by atoms with E-state index in [1.807, 2.05) is 72.8 Å². The molecule has 0 amide bonds. The summed E-state index contributed by atoms with van der Waals surface area (Å²) in [6.07, 6.45) is 0. The fourth-order valence-corrected chi connectivity index (χ4v) is 20.5. The summed E-state index contributed by atoms with van der Waals surface area (Å²) in [6, 6.07) is 74.8. The van der Waals surface area contributed by atoms with Crippen LogP contribution in [0.3, 0.4) is 0 Å². The highest BCUT2D eigenvalue weighted by Crippen LogP contribution is 2.53. The van der Waals surface area contributed by atoms with Gasteiger partial charge in [-0.1, -0.05) is 404 Å². The molecule has 6 heterocycles. The largest absolute Gasteiger partial charge is 0.456 e. The van der Waals surface area contributed by atoms with E-state index in [1.54, 1.807) is 0 Å². The van der Waals surface area contributed by atoms with E-state index >= 15 is 0 Å². The van der Waals surface area contributed by atoms with E-state index in [2.05, 4.69) is 347 Å². The van der Waals surface area contributed by atoms with Crippen molar-refractivity contribution in [1.29, 1.82) is 0 Å². The van der Waals surface area contributed by atoms with Gasteiger partial charge in [0.25, 0.3) is 0 Å². The summed E-state index contributed by atoms with van der Waals surface area (Å²) in [5.74, 6) is 0.386. The molecule has 0 spiro atoms. The fourth-order valence-electron chi connectivity index (χ4n) is 20.5. The molecule has 22 aromatic rings. The van der Waals surface area contributed by atoms with Crippen molar-refractivity contribution in [2.24, 2.45) is 0 Å². The Labute approximate surface area is 830 Å². The van der Waals surface area contributed by atoms with Crippen LogP contribution < -0.4 is 0 Å². The molecule has 0 bridgehead atoms. The number of benzene rings is 16. The molecule has 0 fully saturated rings. The van der Waals surface area contributed by atoms with Gasteiger partial charge in [-0.2, -0.15) is 0 Å². The van der Waals surface area contributed by atoms with E-state index in [9.17, 15) is 0 Å². The van der Waals surface area contributed by atoms with Crippen molar-refractivity contribution in [3.63, 3.8) is 0 Å². The number of nitrogens with zero attached hydrogens (tertiary/aromatic N) is 2. The number of rotatable bonds is 7. The van der Waals surface area contributed by atoms with Crippen LogP contribution in [0.5, 0.6) is 0 Å². The molecule has 0 atom stereocenters. The average molecular weight is 1810 g/mol. The summed E-state index contributed by atoms with van der Waals surface area (Å²) in [7, 11) is 0. The lowest BCUT2D eigenvalue weighted by atomic mass is 9.73. The number of para-hydroxylation sites is 2. The number of furan rings is 4. The number of hydrogen-bond acceptors (Lipinski definition) is 4. The molecule has 0 aliphatic heterocycles. The summed E-state index contributed by atoms with van der Waals surface area (Å²) < 4.78 is 156. The normalized spacial score (nSPS) is 14.3. The monoisotopic (exact) mass is 1810 g/mol. The average Bonchev–Trinajstić information content (AvgIpc) is 1.41. The van der Waals surface area contributed by atoms with Gasteiger partial charge in [0.05, 0.1) is 54.0 Å². The Morgan fingerprint density at radius 2 is 0.547 bits per heavy atom. The Morgan fingerprint density at radius 1 is 0.226 bits per heavy atom. The fraction of sp³-hybridized carbons (Fsp3) is 0.267. The Kier molecular flexibility index (Phi) is 18.9. The Hall–Kier alpha value is -13.7. The van der Waals surface area contributed by atoms with Gasteiger partial charge in [0, 0.05) is 64.6 Å². The molecular weight excluding hydrogens is 1670 g/mol. The van der Waals surface area contributed by atoms with Crippen LogP contribution in [-0.4, -0.2) is 9.13 Å². The molecule has 16 aromatic carbocycles. The van der Waals surface area contributed by atoms with Gasteiger partial charge in [0.2, 0.25) is 0 Å². The summed E-state index contributed by atoms with van der Waals surface area (Å²) in [5.41, 5.74) is 27.4.